The van der Waals surface area contributed by atoms with Gasteiger partial charge >= 0.3 is 6.35 Å². The fraction of sp³-hybridized carbons (Fsp3) is 0.167. The van der Waals surface area contributed by atoms with Crippen LogP contribution in [0.5, 0.6) is 0 Å². The van der Waals surface area contributed by atoms with Gasteiger partial charge in [-0.1, -0.05) is 102 Å². The summed E-state index contributed by atoms with van der Waals surface area (Å²) in [6.45, 7) is 3.30. The third-order valence-electron chi connectivity index (χ3n) is 5.89. The Morgan fingerprint density at radius 2 is 1.15 bits per heavy atom. The highest BCUT2D eigenvalue weighted by molar-refractivity contribution is 7.11. The largest absolute Gasteiger partial charge is 0.662 e. The molecule has 0 aliphatic carbocycles. The lowest BCUT2D eigenvalue weighted by Gasteiger charge is -2.52. The Labute approximate surface area is 156 Å². The number of benzene rings is 3. The molecule has 3 aromatic rings. The van der Waals surface area contributed by atoms with Crippen molar-refractivity contribution in [3.63, 3.8) is 0 Å². The Morgan fingerprint density at radius 1 is 0.692 bits per heavy atom. The average Bonchev–Trinajstić information content (AvgIpc) is 2.71. The maximum Gasteiger partial charge on any atom is 0.377 e. The monoisotopic (exact) mass is 340 g/mol. The summed E-state index contributed by atoms with van der Waals surface area (Å²) in [6, 6.07) is 32.8. The molecule has 0 spiro atoms. The number of hydrogen-bond acceptors (Lipinski definition) is 0. The molecule has 26 heavy (non-hydrogen) atoms. The predicted octanol–water partition coefficient (Wildman–Crippen LogP) is 4.35. The minimum atomic E-state index is -1.25. The summed E-state index contributed by atoms with van der Waals surface area (Å²) in [4.78, 5) is 0. The summed E-state index contributed by atoms with van der Waals surface area (Å²) in [5.41, 5.74) is 6.95. The molecule has 0 radical (unpaired) electrons. The third-order valence-corrected chi connectivity index (χ3v) is 5.89. The second-order valence-corrected chi connectivity index (χ2v) is 7.31. The van der Waals surface area contributed by atoms with Crippen LogP contribution >= 0.6 is 0 Å². The van der Waals surface area contributed by atoms with E-state index in [1.807, 2.05) is 0 Å². The van der Waals surface area contributed by atoms with Crippen molar-refractivity contribution in [1.82, 2.24) is 0 Å². The lowest BCUT2D eigenvalue weighted by Crippen LogP contribution is -2.68. The van der Waals surface area contributed by atoms with Crippen LogP contribution in [0.15, 0.2) is 96.6 Å². The molecular formula is C24H25BO. The topological polar surface area (TPSA) is 2.70 Å². The van der Waals surface area contributed by atoms with Gasteiger partial charge in [0.05, 0.1) is 7.11 Å². The summed E-state index contributed by atoms with van der Waals surface area (Å²) in [5.74, 6) is 0. The van der Waals surface area contributed by atoms with Crippen LogP contribution in [0.3, 0.4) is 0 Å². The van der Waals surface area contributed by atoms with Gasteiger partial charge in [0.2, 0.25) is 0 Å². The van der Waals surface area contributed by atoms with Gasteiger partial charge < -0.3 is 4.28 Å². The van der Waals surface area contributed by atoms with Gasteiger partial charge in [-0.25, -0.2) is 0 Å². The van der Waals surface area contributed by atoms with Crippen molar-refractivity contribution in [1.29, 1.82) is 0 Å². The molecule has 0 atom stereocenters. The highest BCUT2D eigenvalue weighted by atomic mass is 16.6. The second-order valence-electron chi connectivity index (χ2n) is 7.31. The molecule has 1 nitrogen and oxygen atoms in total. The van der Waals surface area contributed by atoms with Gasteiger partial charge in [0.1, 0.15) is 6.61 Å². The van der Waals surface area contributed by atoms with E-state index >= 15 is 0 Å². The van der Waals surface area contributed by atoms with Crippen LogP contribution < -0.4 is 10.9 Å². The van der Waals surface area contributed by atoms with Gasteiger partial charge in [-0.2, -0.15) is 0 Å². The van der Waals surface area contributed by atoms with E-state index in [4.69, 9.17) is 0 Å². The fourth-order valence-corrected chi connectivity index (χ4v) is 4.71. The van der Waals surface area contributed by atoms with Gasteiger partial charge in [0.25, 0.3) is 0 Å². The zero-order chi connectivity index (χ0) is 18.0. The molecule has 0 unspecified atom stereocenters. The number of rotatable bonds is 3. The van der Waals surface area contributed by atoms with E-state index in [2.05, 4.69) is 109 Å². The van der Waals surface area contributed by atoms with Gasteiger partial charge in [-0.15, -0.1) is 16.4 Å². The van der Waals surface area contributed by atoms with E-state index in [-0.39, 0.29) is 0 Å². The first-order valence-corrected chi connectivity index (χ1v) is 9.38. The van der Waals surface area contributed by atoms with Crippen molar-refractivity contribution >= 4 is 22.7 Å². The zero-order valence-electron chi connectivity index (χ0n) is 15.6. The van der Waals surface area contributed by atoms with Crippen molar-refractivity contribution in [3.05, 3.63) is 102 Å². The van der Waals surface area contributed by atoms with Gasteiger partial charge in [-0.3, -0.25) is 0 Å². The molecule has 3 aromatic carbocycles. The zero-order valence-corrected chi connectivity index (χ0v) is 15.6. The Kier molecular flexibility index (Phi) is 4.52. The van der Waals surface area contributed by atoms with E-state index in [9.17, 15) is 0 Å². The lowest BCUT2D eigenvalue weighted by atomic mass is 9.25. The minimum Gasteiger partial charge on any atom is -0.662 e. The van der Waals surface area contributed by atoms with Crippen LogP contribution in [0.2, 0.25) is 0 Å². The first-order chi connectivity index (χ1) is 12.7. The highest BCUT2D eigenvalue weighted by Gasteiger charge is 2.48. The molecule has 1 aliphatic rings. The van der Waals surface area contributed by atoms with E-state index in [1.165, 1.54) is 27.5 Å². The van der Waals surface area contributed by atoms with Crippen LogP contribution in [0.4, 0.5) is 0 Å². The molecule has 0 aromatic heterocycles. The minimum absolute atomic E-state index is 0.992. The van der Waals surface area contributed by atoms with E-state index < -0.39 is 6.35 Å². The van der Waals surface area contributed by atoms with Crippen molar-refractivity contribution < 1.29 is 4.28 Å². The van der Waals surface area contributed by atoms with Crippen molar-refractivity contribution in [2.24, 2.45) is 0 Å². The van der Waals surface area contributed by atoms with Crippen LogP contribution in [0.1, 0.15) is 18.9 Å². The summed E-state index contributed by atoms with van der Waals surface area (Å²) < 4.78 is 3.58. The van der Waals surface area contributed by atoms with Gasteiger partial charge in [-0.05, 0) is 6.92 Å². The van der Waals surface area contributed by atoms with Crippen LogP contribution in [-0.2, 0) is 4.28 Å². The van der Waals surface area contributed by atoms with E-state index in [1.54, 1.807) is 0 Å². The summed E-state index contributed by atoms with van der Waals surface area (Å²) >= 11 is 0. The smallest absolute Gasteiger partial charge is 0.377 e. The molecule has 1 heterocycles. The Balaban J connectivity index is 2.09. The third kappa shape index (κ3) is 2.62. The van der Waals surface area contributed by atoms with Crippen molar-refractivity contribution in [2.75, 3.05) is 13.7 Å². The summed E-state index contributed by atoms with van der Waals surface area (Å²) in [7, 11) is 2.20. The van der Waals surface area contributed by atoms with Gasteiger partial charge in [0.15, 0.2) is 0 Å². The Bertz CT molecular complexity index is 861. The maximum absolute atomic E-state index is 3.58. The molecule has 0 N–H and O–H groups in total. The summed E-state index contributed by atoms with van der Waals surface area (Å²) in [6.07, 6.45) is -0.171. The quantitative estimate of drug-likeness (QED) is 0.493. The standard InChI is InChI=1S/C24H25BO/c1-20-18-19-26(2)25(22-14-8-4-9-15-22,23-16-10-5-11-17-23)24(20)21-12-6-3-7-13-21/h3-17H,18-19H2,1-2H3. The fourth-order valence-electron chi connectivity index (χ4n) is 4.71. The Hall–Kier alpha value is -2.58. The van der Waals surface area contributed by atoms with Crippen molar-refractivity contribution in [2.45, 2.75) is 13.3 Å². The first kappa shape index (κ1) is 16.9. The van der Waals surface area contributed by atoms with Gasteiger partial charge in [0, 0.05) is 6.42 Å². The molecule has 0 bridgehead atoms. The molecule has 2 heteroatoms. The SMILES string of the molecule is CC1=C(c2ccccc2)[B-](c2ccccc2)(c2ccccc2)[O+](C)CC1. The molecule has 0 amide bonds. The van der Waals surface area contributed by atoms with E-state index in [0.717, 1.165) is 13.0 Å². The average molecular weight is 340 g/mol. The molecule has 4 rings (SSSR count). The number of hydrogen-bond donors (Lipinski definition) is 0. The highest BCUT2D eigenvalue weighted by Crippen LogP contribution is 2.38. The molecule has 130 valence electrons. The molecule has 0 saturated carbocycles. The van der Waals surface area contributed by atoms with Crippen LogP contribution in [0, 0.1) is 0 Å². The lowest BCUT2D eigenvalue weighted by molar-refractivity contribution is 0.0548. The second kappa shape index (κ2) is 6.97. The summed E-state index contributed by atoms with van der Waals surface area (Å²) in [5, 5.41) is 0. The molecular weight excluding hydrogens is 315 g/mol. The Morgan fingerprint density at radius 3 is 1.65 bits per heavy atom. The first-order valence-electron chi connectivity index (χ1n) is 9.38. The molecule has 0 saturated heterocycles. The molecule has 0 fully saturated rings. The van der Waals surface area contributed by atoms with Crippen molar-refractivity contribution in [3.8, 4) is 0 Å². The van der Waals surface area contributed by atoms with Crippen LogP contribution in [0.25, 0.3) is 5.47 Å². The maximum atomic E-state index is 3.58. The molecule has 1 aliphatic heterocycles. The predicted molar refractivity (Wildman–Crippen MR) is 113 cm³/mol. The normalized spacial score (nSPS) is 17.3. The van der Waals surface area contributed by atoms with Crippen LogP contribution in [-0.4, -0.2) is 20.1 Å². The van der Waals surface area contributed by atoms with E-state index in [0.29, 0.717) is 0 Å².